The summed E-state index contributed by atoms with van der Waals surface area (Å²) in [7, 11) is 0. The van der Waals surface area contributed by atoms with Crippen molar-refractivity contribution in [3.05, 3.63) is 75.7 Å². The van der Waals surface area contributed by atoms with E-state index >= 15 is 0 Å². The molecule has 5 rings (SSSR count). The van der Waals surface area contributed by atoms with Gasteiger partial charge in [-0.1, -0.05) is 51.8 Å². The van der Waals surface area contributed by atoms with Gasteiger partial charge in [0.05, 0.1) is 24.3 Å². The lowest BCUT2D eigenvalue weighted by atomic mass is 9.85. The van der Waals surface area contributed by atoms with Gasteiger partial charge in [-0.3, -0.25) is 19.3 Å². The van der Waals surface area contributed by atoms with Gasteiger partial charge in [0, 0.05) is 15.2 Å². The van der Waals surface area contributed by atoms with E-state index in [2.05, 4.69) is 33.4 Å². The summed E-state index contributed by atoms with van der Waals surface area (Å²) in [6.45, 7) is 0. The third-order valence-electron chi connectivity index (χ3n) is 6.58. The van der Waals surface area contributed by atoms with Crippen molar-refractivity contribution >= 4 is 50.9 Å². The summed E-state index contributed by atoms with van der Waals surface area (Å²) in [5.74, 6) is -0.941. The fraction of sp³-hybridized carbons (Fsp3) is 0.292. The summed E-state index contributed by atoms with van der Waals surface area (Å²) in [5, 5.41) is 3.42. The molecule has 5 nitrogen and oxygen atoms in total. The first-order valence-electron chi connectivity index (χ1n) is 10.3. The molecule has 1 aliphatic heterocycles. The Hall–Kier alpha value is -2.44. The van der Waals surface area contributed by atoms with Gasteiger partial charge in [-0.05, 0) is 60.2 Å². The monoisotopic (exact) mass is 498 g/mol. The molecule has 2 aromatic rings. The number of likely N-dealkylation sites (tertiary alicyclic amines) is 1. The zero-order valence-corrected chi connectivity index (χ0v) is 18.8. The summed E-state index contributed by atoms with van der Waals surface area (Å²) in [5.41, 5.74) is 1.37. The van der Waals surface area contributed by atoms with Gasteiger partial charge in [-0.15, -0.1) is 0 Å². The standard InChI is InChI=1S/C24H20BrClN2O3/c25-16-5-9-18(10-6-16)27-20(29)12-19(13-3-7-17(26)8-4-13)28-23(30)21-14-1-2-15(11-14)22(21)24(28)31/h1-10,14-15,19,21-22H,11-12H2,(H,27,29). The first-order valence-corrected chi connectivity index (χ1v) is 11.5. The van der Waals surface area contributed by atoms with Crippen molar-refractivity contribution in [2.45, 2.75) is 18.9 Å². The fourth-order valence-electron chi connectivity index (χ4n) is 5.20. The smallest absolute Gasteiger partial charge is 0.234 e. The van der Waals surface area contributed by atoms with Gasteiger partial charge in [0.25, 0.3) is 0 Å². The Kier molecular flexibility index (Phi) is 5.22. The van der Waals surface area contributed by atoms with Crippen LogP contribution >= 0.6 is 27.5 Å². The molecule has 0 radical (unpaired) electrons. The third kappa shape index (κ3) is 3.62. The summed E-state index contributed by atoms with van der Waals surface area (Å²) in [6, 6.07) is 13.6. The van der Waals surface area contributed by atoms with Crippen molar-refractivity contribution in [1.82, 2.24) is 4.90 Å². The number of anilines is 1. The van der Waals surface area contributed by atoms with Gasteiger partial charge in [-0.2, -0.15) is 0 Å². The highest BCUT2D eigenvalue weighted by Gasteiger charge is 2.60. The van der Waals surface area contributed by atoms with Crippen molar-refractivity contribution in [1.29, 1.82) is 0 Å². The number of allylic oxidation sites excluding steroid dienone is 2. The normalized spacial score (nSPS) is 27.0. The molecule has 2 bridgehead atoms. The highest BCUT2D eigenvalue weighted by Crippen LogP contribution is 2.54. The van der Waals surface area contributed by atoms with Gasteiger partial charge in [0.15, 0.2) is 0 Å². The molecule has 158 valence electrons. The van der Waals surface area contributed by atoms with Crippen LogP contribution in [0.4, 0.5) is 5.69 Å². The van der Waals surface area contributed by atoms with Crippen LogP contribution in [-0.4, -0.2) is 22.6 Å². The number of rotatable bonds is 5. The van der Waals surface area contributed by atoms with E-state index < -0.39 is 6.04 Å². The summed E-state index contributed by atoms with van der Waals surface area (Å²) >= 11 is 9.42. The Labute approximate surface area is 193 Å². The number of hydrogen-bond acceptors (Lipinski definition) is 3. The molecule has 2 aliphatic carbocycles. The number of nitrogens with one attached hydrogen (secondary N) is 1. The Morgan fingerprint density at radius 1 is 1.00 bits per heavy atom. The quantitative estimate of drug-likeness (QED) is 0.466. The highest BCUT2D eigenvalue weighted by molar-refractivity contribution is 9.10. The van der Waals surface area contributed by atoms with Gasteiger partial charge in [0.2, 0.25) is 17.7 Å². The van der Waals surface area contributed by atoms with Crippen LogP contribution < -0.4 is 5.32 Å². The molecule has 5 atom stereocenters. The molecule has 7 heteroatoms. The fourth-order valence-corrected chi connectivity index (χ4v) is 5.59. The number of carbonyl (C=O) groups excluding carboxylic acids is 3. The molecule has 1 saturated carbocycles. The van der Waals surface area contributed by atoms with E-state index in [-0.39, 0.29) is 47.8 Å². The summed E-state index contributed by atoms with van der Waals surface area (Å²) < 4.78 is 0.910. The second kappa shape index (κ2) is 7.92. The number of nitrogens with zero attached hydrogens (tertiary/aromatic N) is 1. The van der Waals surface area contributed by atoms with Crippen molar-refractivity contribution in [2.24, 2.45) is 23.7 Å². The maximum absolute atomic E-state index is 13.4. The number of fused-ring (bicyclic) bond motifs is 5. The minimum absolute atomic E-state index is 0.0165. The van der Waals surface area contributed by atoms with Gasteiger partial charge in [0.1, 0.15) is 0 Å². The largest absolute Gasteiger partial charge is 0.326 e. The molecule has 3 amide bonds. The van der Waals surface area contributed by atoms with Crippen molar-refractivity contribution in [3.63, 3.8) is 0 Å². The van der Waals surface area contributed by atoms with Crippen molar-refractivity contribution in [3.8, 4) is 0 Å². The van der Waals surface area contributed by atoms with Crippen molar-refractivity contribution < 1.29 is 14.4 Å². The number of halogens is 2. The molecular weight excluding hydrogens is 480 g/mol. The Morgan fingerprint density at radius 3 is 2.16 bits per heavy atom. The number of amides is 3. The molecule has 1 heterocycles. The van der Waals surface area contributed by atoms with Gasteiger partial charge < -0.3 is 5.32 Å². The number of imide groups is 1. The van der Waals surface area contributed by atoms with E-state index in [1.54, 1.807) is 36.4 Å². The lowest BCUT2D eigenvalue weighted by Gasteiger charge is -2.28. The summed E-state index contributed by atoms with van der Waals surface area (Å²) in [4.78, 5) is 40.9. The predicted octanol–water partition coefficient (Wildman–Crippen LogP) is 4.98. The first-order chi connectivity index (χ1) is 14.9. The van der Waals surface area contributed by atoms with Crippen molar-refractivity contribution in [2.75, 3.05) is 5.32 Å². The van der Waals surface area contributed by atoms with Gasteiger partial charge in [-0.25, -0.2) is 0 Å². The van der Waals surface area contributed by atoms with E-state index in [0.717, 1.165) is 16.5 Å². The Bertz CT molecular complexity index is 1050. The maximum atomic E-state index is 13.4. The van der Waals surface area contributed by atoms with Crippen LogP contribution in [-0.2, 0) is 14.4 Å². The average molecular weight is 500 g/mol. The summed E-state index contributed by atoms with van der Waals surface area (Å²) in [6.07, 6.45) is 4.99. The van der Waals surface area contributed by atoms with Crippen LogP contribution in [0.15, 0.2) is 65.2 Å². The predicted molar refractivity (Wildman–Crippen MR) is 121 cm³/mol. The number of carbonyl (C=O) groups is 3. The number of hydrogen-bond donors (Lipinski definition) is 1. The molecule has 2 fully saturated rings. The second-order valence-corrected chi connectivity index (χ2v) is 9.73. The minimum Gasteiger partial charge on any atom is -0.326 e. The average Bonchev–Trinajstić information content (AvgIpc) is 3.43. The maximum Gasteiger partial charge on any atom is 0.234 e. The van der Waals surface area contributed by atoms with Crippen LogP contribution in [0, 0.1) is 23.7 Å². The lowest BCUT2D eigenvalue weighted by Crippen LogP contribution is -2.38. The third-order valence-corrected chi connectivity index (χ3v) is 7.36. The Morgan fingerprint density at radius 2 is 1.58 bits per heavy atom. The zero-order chi connectivity index (χ0) is 21.7. The van der Waals surface area contributed by atoms with Crippen LogP contribution in [0.2, 0.25) is 5.02 Å². The van der Waals surface area contributed by atoms with E-state index in [4.69, 9.17) is 11.6 Å². The SMILES string of the molecule is O=C(CC(c1ccc(Cl)cc1)N1C(=O)C2C3C=CC(C3)C2C1=O)Nc1ccc(Br)cc1. The first kappa shape index (κ1) is 20.5. The molecule has 5 unspecified atom stereocenters. The highest BCUT2D eigenvalue weighted by atomic mass is 79.9. The van der Waals surface area contributed by atoms with Crippen LogP contribution in [0.1, 0.15) is 24.4 Å². The topological polar surface area (TPSA) is 66.5 Å². The lowest BCUT2D eigenvalue weighted by molar-refractivity contribution is -0.144. The molecule has 1 N–H and O–H groups in total. The minimum atomic E-state index is -0.669. The molecule has 0 aromatic heterocycles. The molecular formula is C24H20BrClN2O3. The van der Waals surface area contributed by atoms with E-state index in [1.165, 1.54) is 4.90 Å². The van der Waals surface area contributed by atoms with E-state index in [0.29, 0.717) is 10.7 Å². The molecule has 0 spiro atoms. The van der Waals surface area contributed by atoms with E-state index in [9.17, 15) is 14.4 Å². The second-order valence-electron chi connectivity index (χ2n) is 8.37. The van der Waals surface area contributed by atoms with Crippen LogP contribution in [0.25, 0.3) is 0 Å². The molecule has 1 saturated heterocycles. The Balaban J connectivity index is 1.43. The van der Waals surface area contributed by atoms with Crippen LogP contribution in [0.5, 0.6) is 0 Å². The van der Waals surface area contributed by atoms with Crippen LogP contribution in [0.3, 0.4) is 0 Å². The number of benzene rings is 2. The van der Waals surface area contributed by atoms with E-state index in [1.807, 2.05) is 12.1 Å². The molecule has 31 heavy (non-hydrogen) atoms. The van der Waals surface area contributed by atoms with Gasteiger partial charge >= 0.3 is 0 Å². The molecule has 2 aromatic carbocycles. The zero-order valence-electron chi connectivity index (χ0n) is 16.5. The molecule has 3 aliphatic rings.